The van der Waals surface area contributed by atoms with Crippen LogP contribution in [0.2, 0.25) is 10.0 Å². The molecule has 0 bridgehead atoms. The minimum Gasteiger partial charge on any atom is -0.395 e. The number of hydrogen-bond acceptors (Lipinski definition) is 2. The molecule has 1 unspecified atom stereocenters. The molecule has 0 heterocycles. The Balaban J connectivity index is 2.85. The molecule has 1 rings (SSSR count). The molecule has 0 aliphatic rings. The number of nitrogens with one attached hydrogen (secondary N) is 2. The molecular weight excluding hydrogens is 287 g/mol. The van der Waals surface area contributed by atoms with Crippen LogP contribution in [-0.2, 0) is 0 Å². The van der Waals surface area contributed by atoms with Crippen molar-refractivity contribution in [2.24, 2.45) is 0 Å². The van der Waals surface area contributed by atoms with Crippen molar-refractivity contribution in [3.8, 4) is 0 Å². The zero-order chi connectivity index (χ0) is 14.3. The molecule has 0 fully saturated rings. The van der Waals surface area contributed by atoms with Crippen LogP contribution in [0.15, 0.2) is 30.9 Å². The molecule has 0 aliphatic carbocycles. The SMILES string of the molecule is C=CCC(NC(=O)NCCO)c1cccc(Cl)c1Cl. The molecule has 104 valence electrons. The molecule has 1 aromatic rings. The van der Waals surface area contributed by atoms with Gasteiger partial charge >= 0.3 is 6.03 Å². The van der Waals surface area contributed by atoms with Crippen molar-refractivity contribution in [3.63, 3.8) is 0 Å². The third kappa shape index (κ3) is 4.74. The van der Waals surface area contributed by atoms with E-state index >= 15 is 0 Å². The summed E-state index contributed by atoms with van der Waals surface area (Å²) in [7, 11) is 0. The van der Waals surface area contributed by atoms with Crippen LogP contribution >= 0.6 is 23.2 Å². The van der Waals surface area contributed by atoms with Crippen LogP contribution in [0, 0.1) is 0 Å². The summed E-state index contributed by atoms with van der Waals surface area (Å²) in [5, 5.41) is 14.8. The van der Waals surface area contributed by atoms with E-state index < -0.39 is 0 Å². The summed E-state index contributed by atoms with van der Waals surface area (Å²) in [6, 6.07) is 4.56. The van der Waals surface area contributed by atoms with Gasteiger partial charge in [0.05, 0.1) is 22.7 Å². The van der Waals surface area contributed by atoms with Crippen molar-refractivity contribution < 1.29 is 9.90 Å². The van der Waals surface area contributed by atoms with Gasteiger partial charge < -0.3 is 15.7 Å². The molecule has 0 aromatic heterocycles. The van der Waals surface area contributed by atoms with Gasteiger partial charge in [-0.1, -0.05) is 41.4 Å². The van der Waals surface area contributed by atoms with E-state index in [2.05, 4.69) is 17.2 Å². The number of urea groups is 1. The fourth-order valence-corrected chi connectivity index (χ4v) is 2.04. The van der Waals surface area contributed by atoms with Gasteiger partial charge in [0.2, 0.25) is 0 Å². The van der Waals surface area contributed by atoms with Gasteiger partial charge in [0.25, 0.3) is 0 Å². The first-order valence-electron chi connectivity index (χ1n) is 5.80. The number of rotatable bonds is 6. The highest BCUT2D eigenvalue weighted by Crippen LogP contribution is 2.31. The number of aliphatic hydroxyl groups is 1. The lowest BCUT2D eigenvalue weighted by Crippen LogP contribution is -2.39. The standard InChI is InChI=1S/C13H16Cl2N2O2/c1-2-4-11(17-13(19)16-7-8-18)9-5-3-6-10(14)12(9)15/h2-3,5-6,11,18H,1,4,7-8H2,(H2,16,17,19). The van der Waals surface area contributed by atoms with Gasteiger partial charge in [-0.3, -0.25) is 0 Å². The van der Waals surface area contributed by atoms with E-state index in [0.29, 0.717) is 16.5 Å². The summed E-state index contributed by atoms with van der Waals surface area (Å²) in [4.78, 5) is 11.6. The van der Waals surface area contributed by atoms with Crippen LogP contribution in [0.4, 0.5) is 4.79 Å². The number of halogens is 2. The third-order valence-corrected chi connectivity index (χ3v) is 3.30. The van der Waals surface area contributed by atoms with E-state index in [1.54, 1.807) is 24.3 Å². The number of hydrogen-bond donors (Lipinski definition) is 3. The number of aliphatic hydroxyl groups excluding tert-OH is 1. The summed E-state index contributed by atoms with van der Waals surface area (Å²) in [5.41, 5.74) is 0.730. The molecule has 2 amide bonds. The minimum atomic E-state index is -0.378. The lowest BCUT2D eigenvalue weighted by Gasteiger charge is -2.19. The Labute approximate surface area is 122 Å². The Morgan fingerprint density at radius 3 is 2.84 bits per heavy atom. The summed E-state index contributed by atoms with van der Waals surface area (Å²) in [6.45, 7) is 3.74. The Morgan fingerprint density at radius 1 is 1.47 bits per heavy atom. The van der Waals surface area contributed by atoms with Crippen molar-refractivity contribution in [3.05, 3.63) is 46.5 Å². The first-order valence-corrected chi connectivity index (χ1v) is 6.55. The van der Waals surface area contributed by atoms with Crippen LogP contribution in [0.25, 0.3) is 0 Å². The first kappa shape index (κ1) is 15.8. The van der Waals surface area contributed by atoms with Crippen LogP contribution in [0.3, 0.4) is 0 Å². The average Bonchev–Trinajstić information content (AvgIpc) is 2.39. The Hall–Kier alpha value is -1.23. The summed E-state index contributed by atoms with van der Waals surface area (Å²) in [6.07, 6.45) is 2.21. The molecule has 1 aromatic carbocycles. The molecule has 0 spiro atoms. The maximum absolute atomic E-state index is 11.6. The van der Waals surface area contributed by atoms with Gasteiger partial charge in [-0.25, -0.2) is 4.79 Å². The molecule has 0 saturated heterocycles. The lowest BCUT2D eigenvalue weighted by molar-refractivity contribution is 0.230. The van der Waals surface area contributed by atoms with Gasteiger partial charge in [-0.15, -0.1) is 6.58 Å². The van der Waals surface area contributed by atoms with Crippen LogP contribution < -0.4 is 10.6 Å². The quantitative estimate of drug-likeness (QED) is 0.708. The van der Waals surface area contributed by atoms with Crippen molar-refractivity contribution in [2.75, 3.05) is 13.2 Å². The van der Waals surface area contributed by atoms with Gasteiger partial charge in [-0.2, -0.15) is 0 Å². The smallest absolute Gasteiger partial charge is 0.315 e. The average molecular weight is 303 g/mol. The second-order valence-corrected chi connectivity index (χ2v) is 4.63. The first-order chi connectivity index (χ1) is 9.10. The zero-order valence-electron chi connectivity index (χ0n) is 10.3. The van der Waals surface area contributed by atoms with Crippen molar-refractivity contribution in [1.82, 2.24) is 10.6 Å². The Kier molecular flexibility index (Phi) is 6.70. The zero-order valence-corrected chi connectivity index (χ0v) is 11.8. The van der Waals surface area contributed by atoms with Gasteiger partial charge in [0.1, 0.15) is 0 Å². The third-order valence-electron chi connectivity index (χ3n) is 2.46. The number of carbonyl (C=O) groups excluding carboxylic acids is 1. The maximum Gasteiger partial charge on any atom is 0.315 e. The molecule has 19 heavy (non-hydrogen) atoms. The van der Waals surface area contributed by atoms with E-state index in [9.17, 15) is 4.79 Å². The van der Waals surface area contributed by atoms with E-state index in [1.807, 2.05) is 0 Å². The van der Waals surface area contributed by atoms with Crippen molar-refractivity contribution >= 4 is 29.2 Å². The van der Waals surface area contributed by atoms with Crippen molar-refractivity contribution in [2.45, 2.75) is 12.5 Å². The molecule has 0 aliphatic heterocycles. The summed E-state index contributed by atoms with van der Waals surface area (Å²) >= 11 is 12.1. The van der Waals surface area contributed by atoms with Crippen molar-refractivity contribution in [1.29, 1.82) is 0 Å². The predicted molar refractivity (Wildman–Crippen MR) is 77.6 cm³/mol. The molecular formula is C13H16Cl2N2O2. The topological polar surface area (TPSA) is 61.4 Å². The van der Waals surface area contributed by atoms with Crippen LogP contribution in [-0.4, -0.2) is 24.3 Å². The Bertz CT molecular complexity index is 452. The highest BCUT2D eigenvalue weighted by molar-refractivity contribution is 6.42. The van der Waals surface area contributed by atoms with Gasteiger partial charge in [0.15, 0.2) is 0 Å². The number of amides is 2. The van der Waals surface area contributed by atoms with Gasteiger partial charge in [-0.05, 0) is 18.1 Å². The minimum absolute atomic E-state index is 0.114. The maximum atomic E-state index is 11.6. The van der Waals surface area contributed by atoms with Gasteiger partial charge in [0, 0.05) is 6.54 Å². The lowest BCUT2D eigenvalue weighted by atomic mass is 10.0. The monoisotopic (exact) mass is 302 g/mol. The van der Waals surface area contributed by atoms with E-state index in [0.717, 1.165) is 5.56 Å². The highest BCUT2D eigenvalue weighted by Gasteiger charge is 2.17. The van der Waals surface area contributed by atoms with E-state index in [1.165, 1.54) is 0 Å². The highest BCUT2D eigenvalue weighted by atomic mass is 35.5. The second kappa shape index (κ2) is 8.04. The molecule has 0 saturated carbocycles. The van der Waals surface area contributed by atoms with E-state index in [-0.39, 0.29) is 25.2 Å². The predicted octanol–water partition coefficient (Wildman–Crippen LogP) is 2.90. The van der Waals surface area contributed by atoms with Crippen LogP contribution in [0.5, 0.6) is 0 Å². The molecule has 1 atom stereocenters. The number of carbonyl (C=O) groups is 1. The molecule has 4 nitrogen and oxygen atoms in total. The Morgan fingerprint density at radius 2 is 2.21 bits per heavy atom. The largest absolute Gasteiger partial charge is 0.395 e. The summed E-state index contributed by atoms with van der Waals surface area (Å²) < 4.78 is 0. The second-order valence-electron chi connectivity index (χ2n) is 3.84. The molecule has 6 heteroatoms. The fourth-order valence-electron chi connectivity index (χ4n) is 1.60. The molecule has 3 N–H and O–H groups in total. The summed E-state index contributed by atoms with van der Waals surface area (Å²) in [5.74, 6) is 0. The van der Waals surface area contributed by atoms with Crippen LogP contribution in [0.1, 0.15) is 18.0 Å². The number of benzene rings is 1. The normalized spacial score (nSPS) is 11.7. The van der Waals surface area contributed by atoms with E-state index in [4.69, 9.17) is 28.3 Å². The molecule has 0 radical (unpaired) electrons. The fraction of sp³-hybridized carbons (Fsp3) is 0.308.